The lowest BCUT2D eigenvalue weighted by Gasteiger charge is -2.01. The Morgan fingerprint density at radius 1 is 1.30 bits per heavy atom. The predicted molar refractivity (Wildman–Crippen MR) is 53.0 cm³/mol. The Bertz CT molecular complexity index is 239. The van der Waals surface area contributed by atoms with Gasteiger partial charge in [-0.05, 0) is 34.7 Å². The van der Waals surface area contributed by atoms with Crippen LogP contribution in [0.2, 0.25) is 5.02 Å². The minimum absolute atomic E-state index is 0.539. The van der Waals surface area contributed by atoms with E-state index in [0.29, 0.717) is 16.4 Å². The standard InChI is InChI=1S/C6H6ClIN2/c7-3-1-4(8)6(10)5(9)2-3/h1-2H,9-10H2. The van der Waals surface area contributed by atoms with Crippen molar-refractivity contribution in [2.75, 3.05) is 11.5 Å². The zero-order valence-electron chi connectivity index (χ0n) is 5.07. The molecule has 1 rings (SSSR count). The predicted octanol–water partition coefficient (Wildman–Crippen LogP) is 2.11. The summed E-state index contributed by atoms with van der Waals surface area (Å²) in [6, 6.07) is 3.41. The van der Waals surface area contributed by atoms with Crippen molar-refractivity contribution >= 4 is 45.6 Å². The van der Waals surface area contributed by atoms with Gasteiger partial charge in [0.2, 0.25) is 0 Å². The molecule has 0 aliphatic carbocycles. The summed E-state index contributed by atoms with van der Waals surface area (Å²) in [6.07, 6.45) is 0. The topological polar surface area (TPSA) is 52.0 Å². The lowest BCUT2D eigenvalue weighted by atomic mass is 10.3. The van der Waals surface area contributed by atoms with Gasteiger partial charge in [0.15, 0.2) is 0 Å². The molecule has 10 heavy (non-hydrogen) atoms. The van der Waals surface area contributed by atoms with Crippen molar-refractivity contribution in [1.82, 2.24) is 0 Å². The molecule has 0 aliphatic heterocycles. The molecule has 0 atom stereocenters. The Labute approximate surface area is 77.7 Å². The quantitative estimate of drug-likeness (QED) is 0.559. The Morgan fingerprint density at radius 3 is 2.40 bits per heavy atom. The average molecular weight is 268 g/mol. The lowest BCUT2D eigenvalue weighted by Crippen LogP contribution is -1.96. The summed E-state index contributed by atoms with van der Waals surface area (Å²) in [5.74, 6) is 0. The van der Waals surface area contributed by atoms with E-state index >= 15 is 0 Å². The van der Waals surface area contributed by atoms with E-state index in [9.17, 15) is 0 Å². The summed E-state index contributed by atoms with van der Waals surface area (Å²) in [5, 5.41) is 0.621. The fraction of sp³-hybridized carbons (Fsp3) is 0. The molecule has 1 aromatic rings. The van der Waals surface area contributed by atoms with Crippen LogP contribution in [-0.2, 0) is 0 Å². The van der Waals surface area contributed by atoms with E-state index in [1.54, 1.807) is 12.1 Å². The number of nitrogens with two attached hydrogens (primary N) is 2. The summed E-state index contributed by atoms with van der Waals surface area (Å²) in [7, 11) is 0. The SMILES string of the molecule is Nc1cc(Cl)cc(I)c1N. The summed E-state index contributed by atoms with van der Waals surface area (Å²) in [4.78, 5) is 0. The van der Waals surface area contributed by atoms with Crippen molar-refractivity contribution in [2.45, 2.75) is 0 Å². The van der Waals surface area contributed by atoms with Gasteiger partial charge in [-0.1, -0.05) is 11.6 Å². The van der Waals surface area contributed by atoms with Gasteiger partial charge < -0.3 is 11.5 Å². The maximum Gasteiger partial charge on any atom is 0.0684 e. The zero-order chi connectivity index (χ0) is 7.72. The minimum atomic E-state index is 0.539. The molecule has 4 heteroatoms. The van der Waals surface area contributed by atoms with E-state index in [-0.39, 0.29) is 0 Å². The first-order chi connectivity index (χ1) is 4.61. The van der Waals surface area contributed by atoms with E-state index < -0.39 is 0 Å². The molecule has 0 amide bonds. The molecule has 0 radical (unpaired) electrons. The van der Waals surface area contributed by atoms with Gasteiger partial charge in [-0.25, -0.2) is 0 Å². The molecule has 0 unspecified atom stereocenters. The number of nitrogen functional groups attached to an aromatic ring is 2. The van der Waals surface area contributed by atoms with Gasteiger partial charge in [0, 0.05) is 8.59 Å². The molecule has 0 bridgehead atoms. The highest BCUT2D eigenvalue weighted by molar-refractivity contribution is 14.1. The number of hydrogen-bond acceptors (Lipinski definition) is 2. The highest BCUT2D eigenvalue weighted by Crippen LogP contribution is 2.25. The summed E-state index contributed by atoms with van der Waals surface area (Å²) < 4.78 is 0.891. The van der Waals surface area contributed by atoms with Crippen LogP contribution < -0.4 is 11.5 Å². The molecular weight excluding hydrogens is 262 g/mol. The highest BCUT2D eigenvalue weighted by Gasteiger charge is 2.00. The Morgan fingerprint density at radius 2 is 1.90 bits per heavy atom. The van der Waals surface area contributed by atoms with Crippen molar-refractivity contribution in [3.63, 3.8) is 0 Å². The fourth-order valence-corrected chi connectivity index (χ4v) is 1.66. The zero-order valence-corrected chi connectivity index (χ0v) is 7.98. The molecule has 54 valence electrons. The molecule has 0 aromatic heterocycles. The van der Waals surface area contributed by atoms with Gasteiger partial charge in [0.1, 0.15) is 0 Å². The first-order valence-electron chi connectivity index (χ1n) is 2.61. The molecule has 0 heterocycles. The van der Waals surface area contributed by atoms with Gasteiger partial charge in [0.25, 0.3) is 0 Å². The first kappa shape index (κ1) is 7.94. The lowest BCUT2D eigenvalue weighted by molar-refractivity contribution is 1.61. The summed E-state index contributed by atoms with van der Waals surface area (Å²) in [6.45, 7) is 0. The van der Waals surface area contributed by atoms with Crippen molar-refractivity contribution in [1.29, 1.82) is 0 Å². The van der Waals surface area contributed by atoms with Crippen LogP contribution in [0.25, 0.3) is 0 Å². The minimum Gasteiger partial charge on any atom is -0.397 e. The Kier molecular flexibility index (Phi) is 2.25. The second kappa shape index (κ2) is 2.84. The van der Waals surface area contributed by atoms with E-state index in [4.69, 9.17) is 23.1 Å². The van der Waals surface area contributed by atoms with Gasteiger partial charge in [-0.2, -0.15) is 0 Å². The molecule has 0 fully saturated rings. The van der Waals surface area contributed by atoms with Crippen molar-refractivity contribution in [2.24, 2.45) is 0 Å². The second-order valence-electron chi connectivity index (χ2n) is 1.89. The van der Waals surface area contributed by atoms with Crippen molar-refractivity contribution in [3.8, 4) is 0 Å². The third-order valence-electron chi connectivity index (χ3n) is 1.13. The molecular formula is C6H6ClIN2. The molecule has 4 N–H and O–H groups in total. The number of rotatable bonds is 0. The van der Waals surface area contributed by atoms with Crippen LogP contribution >= 0.6 is 34.2 Å². The normalized spacial score (nSPS) is 9.80. The molecule has 0 saturated heterocycles. The van der Waals surface area contributed by atoms with Crippen LogP contribution in [0, 0.1) is 3.57 Å². The van der Waals surface area contributed by atoms with Crippen LogP contribution in [0.1, 0.15) is 0 Å². The monoisotopic (exact) mass is 268 g/mol. The van der Waals surface area contributed by atoms with Crippen LogP contribution in [0.5, 0.6) is 0 Å². The number of halogens is 2. The van der Waals surface area contributed by atoms with E-state index in [1.807, 2.05) is 0 Å². The third-order valence-corrected chi connectivity index (χ3v) is 2.24. The highest BCUT2D eigenvalue weighted by atomic mass is 127. The molecule has 1 aromatic carbocycles. The van der Waals surface area contributed by atoms with E-state index in [0.717, 1.165) is 3.57 Å². The van der Waals surface area contributed by atoms with Crippen LogP contribution in [0.4, 0.5) is 11.4 Å². The molecule has 0 saturated carbocycles. The van der Waals surface area contributed by atoms with Crippen LogP contribution in [0.3, 0.4) is 0 Å². The molecule has 0 aliphatic rings. The Balaban J connectivity index is 3.31. The van der Waals surface area contributed by atoms with Gasteiger partial charge in [-0.15, -0.1) is 0 Å². The molecule has 2 nitrogen and oxygen atoms in total. The summed E-state index contributed by atoms with van der Waals surface area (Å²) in [5.41, 5.74) is 12.2. The third kappa shape index (κ3) is 1.46. The van der Waals surface area contributed by atoms with Crippen LogP contribution in [0.15, 0.2) is 12.1 Å². The number of benzene rings is 1. The van der Waals surface area contributed by atoms with Gasteiger partial charge in [0.05, 0.1) is 11.4 Å². The second-order valence-corrected chi connectivity index (χ2v) is 3.49. The van der Waals surface area contributed by atoms with Crippen molar-refractivity contribution < 1.29 is 0 Å². The maximum atomic E-state index is 5.68. The average Bonchev–Trinajstić information content (AvgIpc) is 1.82. The first-order valence-corrected chi connectivity index (χ1v) is 4.07. The number of hydrogen-bond donors (Lipinski definition) is 2. The van der Waals surface area contributed by atoms with Crippen LogP contribution in [-0.4, -0.2) is 0 Å². The van der Waals surface area contributed by atoms with Gasteiger partial charge in [-0.3, -0.25) is 0 Å². The van der Waals surface area contributed by atoms with E-state index in [1.165, 1.54) is 0 Å². The fourth-order valence-electron chi connectivity index (χ4n) is 0.605. The number of anilines is 2. The maximum absolute atomic E-state index is 5.68. The van der Waals surface area contributed by atoms with Gasteiger partial charge >= 0.3 is 0 Å². The van der Waals surface area contributed by atoms with Crippen molar-refractivity contribution in [3.05, 3.63) is 20.7 Å². The largest absolute Gasteiger partial charge is 0.397 e. The van der Waals surface area contributed by atoms with E-state index in [2.05, 4.69) is 22.6 Å². The summed E-state index contributed by atoms with van der Waals surface area (Å²) >= 11 is 7.77. The molecule has 0 spiro atoms. The smallest absolute Gasteiger partial charge is 0.0684 e. The Hall–Kier alpha value is -0.160.